The Balaban J connectivity index is 0.00000312. The second-order valence-electron chi connectivity index (χ2n) is 4.92. The highest BCUT2D eigenvalue weighted by atomic mass is 127. The van der Waals surface area contributed by atoms with E-state index in [1.54, 1.807) is 13.2 Å². The van der Waals surface area contributed by atoms with Crippen LogP contribution >= 0.6 is 24.0 Å². The Bertz CT molecular complexity index is 671. The molecule has 1 heterocycles. The molecule has 8 heteroatoms. The first-order chi connectivity index (χ1) is 11.7. The molecule has 25 heavy (non-hydrogen) atoms. The topological polar surface area (TPSA) is 58.5 Å². The summed E-state index contributed by atoms with van der Waals surface area (Å²) in [7, 11) is 1.66. The van der Waals surface area contributed by atoms with Crippen LogP contribution in [-0.4, -0.2) is 37.7 Å². The average molecular weight is 462 g/mol. The van der Waals surface area contributed by atoms with Crippen LogP contribution in [0.25, 0.3) is 0 Å². The van der Waals surface area contributed by atoms with Crippen molar-refractivity contribution in [1.82, 2.24) is 15.6 Å². The first-order valence-corrected chi connectivity index (χ1v) is 7.61. The van der Waals surface area contributed by atoms with E-state index in [-0.39, 0.29) is 36.3 Å². The predicted octanol–water partition coefficient (Wildman–Crippen LogP) is 2.76. The molecule has 0 aliphatic carbocycles. The van der Waals surface area contributed by atoms with E-state index in [2.05, 4.69) is 20.6 Å². The molecule has 0 unspecified atom stereocenters. The summed E-state index contributed by atoms with van der Waals surface area (Å²) in [6.45, 7) is 1.34. The number of rotatable bonds is 7. The van der Waals surface area contributed by atoms with E-state index in [4.69, 9.17) is 4.74 Å². The summed E-state index contributed by atoms with van der Waals surface area (Å²) in [5.41, 5.74) is 0.996. The second-order valence-corrected chi connectivity index (χ2v) is 4.92. The molecule has 2 N–H and O–H groups in total. The highest BCUT2D eigenvalue weighted by Gasteiger charge is 2.04. The molecule has 1 aromatic carbocycles. The molecule has 5 nitrogen and oxygen atoms in total. The minimum absolute atomic E-state index is 0. The minimum atomic E-state index is -0.715. The average Bonchev–Trinajstić information content (AvgIpc) is 2.59. The number of ether oxygens (including phenoxy) is 1. The van der Waals surface area contributed by atoms with Gasteiger partial charge in [-0.3, -0.25) is 9.98 Å². The Morgan fingerprint density at radius 1 is 1.16 bits per heavy atom. The zero-order valence-corrected chi connectivity index (χ0v) is 16.2. The number of aromatic nitrogens is 1. The van der Waals surface area contributed by atoms with Crippen molar-refractivity contribution in [2.75, 3.05) is 26.7 Å². The Morgan fingerprint density at radius 3 is 2.64 bits per heavy atom. The summed E-state index contributed by atoms with van der Waals surface area (Å²) in [5, 5.41) is 6.21. The molecule has 0 saturated carbocycles. The zero-order chi connectivity index (χ0) is 17.2. The van der Waals surface area contributed by atoms with Crippen molar-refractivity contribution in [1.29, 1.82) is 0 Å². The lowest BCUT2D eigenvalue weighted by molar-refractivity contribution is 0.304. The monoisotopic (exact) mass is 462 g/mol. The Morgan fingerprint density at radius 2 is 1.96 bits per heavy atom. The van der Waals surface area contributed by atoms with Crippen molar-refractivity contribution in [2.45, 2.75) is 6.42 Å². The molecule has 2 rings (SSSR count). The van der Waals surface area contributed by atoms with E-state index in [1.165, 1.54) is 6.07 Å². The number of halogens is 3. The van der Waals surface area contributed by atoms with Crippen molar-refractivity contribution < 1.29 is 13.5 Å². The van der Waals surface area contributed by atoms with Gasteiger partial charge in [-0.05, 0) is 24.3 Å². The maximum absolute atomic E-state index is 13.4. The van der Waals surface area contributed by atoms with Crippen LogP contribution in [0, 0.1) is 11.6 Å². The number of guanidine groups is 1. The molecule has 0 spiro atoms. The number of benzene rings is 1. The summed E-state index contributed by atoms with van der Waals surface area (Å²) >= 11 is 0. The minimum Gasteiger partial charge on any atom is -0.489 e. The number of pyridine rings is 1. The molecule has 0 radical (unpaired) electrons. The SMILES string of the molecule is CN=C(NCCOc1ccc(F)cc1F)NCCc1ccccn1.I. The summed E-state index contributed by atoms with van der Waals surface area (Å²) < 4.78 is 31.5. The van der Waals surface area contributed by atoms with E-state index in [0.717, 1.165) is 24.2 Å². The molecule has 0 atom stereocenters. The number of nitrogens with zero attached hydrogens (tertiary/aromatic N) is 2. The summed E-state index contributed by atoms with van der Waals surface area (Å²) in [4.78, 5) is 8.33. The smallest absolute Gasteiger partial charge is 0.191 e. The Kier molecular flexibility index (Phi) is 9.75. The van der Waals surface area contributed by atoms with Crippen molar-refractivity contribution >= 4 is 29.9 Å². The lowest BCUT2D eigenvalue weighted by Gasteiger charge is -2.12. The van der Waals surface area contributed by atoms with Gasteiger partial charge in [0, 0.05) is 38.0 Å². The molecule has 1 aromatic heterocycles. The maximum atomic E-state index is 13.4. The van der Waals surface area contributed by atoms with Crippen LogP contribution in [0.5, 0.6) is 5.75 Å². The third-order valence-electron chi connectivity index (χ3n) is 3.17. The van der Waals surface area contributed by atoms with Gasteiger partial charge in [-0.15, -0.1) is 24.0 Å². The van der Waals surface area contributed by atoms with Gasteiger partial charge >= 0.3 is 0 Å². The predicted molar refractivity (Wildman–Crippen MR) is 105 cm³/mol. The lowest BCUT2D eigenvalue weighted by atomic mass is 10.3. The van der Waals surface area contributed by atoms with Gasteiger partial charge in [-0.25, -0.2) is 8.78 Å². The lowest BCUT2D eigenvalue weighted by Crippen LogP contribution is -2.40. The fourth-order valence-corrected chi connectivity index (χ4v) is 2.00. The van der Waals surface area contributed by atoms with Crippen LogP contribution in [0.4, 0.5) is 8.78 Å². The van der Waals surface area contributed by atoms with Crippen molar-refractivity contribution in [3.05, 3.63) is 59.9 Å². The molecule has 136 valence electrons. The number of hydrogen-bond donors (Lipinski definition) is 2. The molecule has 0 amide bonds. The van der Waals surface area contributed by atoms with E-state index >= 15 is 0 Å². The Labute approximate surface area is 162 Å². The van der Waals surface area contributed by atoms with Crippen LogP contribution in [0.15, 0.2) is 47.6 Å². The largest absolute Gasteiger partial charge is 0.489 e. The number of aliphatic imine (C=N–C) groups is 1. The van der Waals surface area contributed by atoms with Crippen molar-refractivity contribution in [3.63, 3.8) is 0 Å². The van der Waals surface area contributed by atoms with Gasteiger partial charge in [0.05, 0.1) is 6.54 Å². The van der Waals surface area contributed by atoms with Gasteiger partial charge in [-0.2, -0.15) is 0 Å². The van der Waals surface area contributed by atoms with Crippen LogP contribution in [0.2, 0.25) is 0 Å². The van der Waals surface area contributed by atoms with Crippen LogP contribution < -0.4 is 15.4 Å². The van der Waals surface area contributed by atoms with E-state index in [9.17, 15) is 8.78 Å². The molecule has 2 aromatic rings. The van der Waals surface area contributed by atoms with Crippen LogP contribution in [0.1, 0.15) is 5.69 Å². The third-order valence-corrected chi connectivity index (χ3v) is 3.17. The van der Waals surface area contributed by atoms with Gasteiger partial charge < -0.3 is 15.4 Å². The molecule has 0 aliphatic rings. The standard InChI is InChI=1S/C17H20F2N4O.HI/c1-20-17(22-9-7-14-4-2-3-8-21-14)23-10-11-24-16-6-5-13(18)12-15(16)19;/h2-6,8,12H,7,9-11H2,1H3,(H2,20,22,23);1H. The molecule has 0 fully saturated rings. The number of hydrogen-bond acceptors (Lipinski definition) is 3. The van der Waals surface area contributed by atoms with Crippen LogP contribution in [0.3, 0.4) is 0 Å². The molecule has 0 saturated heterocycles. The van der Waals surface area contributed by atoms with Gasteiger partial charge in [0.1, 0.15) is 12.4 Å². The van der Waals surface area contributed by atoms with Crippen molar-refractivity contribution in [2.24, 2.45) is 4.99 Å². The van der Waals surface area contributed by atoms with E-state index < -0.39 is 11.6 Å². The summed E-state index contributed by atoms with van der Waals surface area (Å²) in [6.07, 6.45) is 2.53. The van der Waals surface area contributed by atoms with Gasteiger partial charge in [-0.1, -0.05) is 6.07 Å². The number of nitrogens with one attached hydrogen (secondary N) is 2. The fraction of sp³-hybridized carbons (Fsp3) is 0.294. The molecule has 0 aliphatic heterocycles. The molecular weight excluding hydrogens is 441 g/mol. The third kappa shape index (κ3) is 7.63. The van der Waals surface area contributed by atoms with E-state index in [0.29, 0.717) is 19.0 Å². The highest BCUT2D eigenvalue weighted by molar-refractivity contribution is 14.0. The Hall–Kier alpha value is -1.97. The van der Waals surface area contributed by atoms with E-state index in [1.807, 2.05) is 18.2 Å². The first kappa shape index (κ1) is 21.1. The second kappa shape index (κ2) is 11.6. The fourth-order valence-electron chi connectivity index (χ4n) is 2.00. The summed E-state index contributed by atoms with van der Waals surface area (Å²) in [6, 6.07) is 9.00. The molecule has 0 bridgehead atoms. The first-order valence-electron chi connectivity index (χ1n) is 7.61. The maximum Gasteiger partial charge on any atom is 0.191 e. The van der Waals surface area contributed by atoms with Crippen molar-refractivity contribution in [3.8, 4) is 5.75 Å². The molecular formula is C17H21F2IN4O. The quantitative estimate of drug-likeness (QED) is 0.288. The zero-order valence-electron chi connectivity index (χ0n) is 13.8. The normalized spacial score (nSPS) is 10.8. The van der Waals surface area contributed by atoms with Gasteiger partial charge in [0.25, 0.3) is 0 Å². The highest BCUT2D eigenvalue weighted by Crippen LogP contribution is 2.17. The van der Waals surface area contributed by atoms with Gasteiger partial charge in [0.15, 0.2) is 17.5 Å². The van der Waals surface area contributed by atoms with Gasteiger partial charge in [0.2, 0.25) is 0 Å². The summed E-state index contributed by atoms with van der Waals surface area (Å²) in [5.74, 6) is -0.700. The van der Waals surface area contributed by atoms with Crippen LogP contribution in [-0.2, 0) is 6.42 Å².